The average molecular weight is 314 g/mol. The number of nitrogens with one attached hydrogen (secondary N) is 1. The average Bonchev–Trinajstić information content (AvgIpc) is 2.58. The van der Waals surface area contributed by atoms with Crippen LogP contribution < -0.4 is 10.1 Å². The Bertz CT molecular complexity index is 527. The minimum Gasteiger partial charge on any atom is -0.496 e. The molecule has 0 aromatic heterocycles. The first-order valence-corrected chi connectivity index (χ1v) is 6.29. The summed E-state index contributed by atoms with van der Waals surface area (Å²) in [7, 11) is 1.55. The van der Waals surface area contributed by atoms with Gasteiger partial charge in [0.25, 0.3) is 11.1 Å². The maximum Gasteiger partial charge on any atom is 0.290 e. The number of thioether (sulfide) groups is 1. The van der Waals surface area contributed by atoms with Gasteiger partial charge in [-0.2, -0.15) is 0 Å². The standard InChI is InChI=1S/C11H8BrNO3S/c1-16-8-3-2-7(12)4-6(8)5-9-10(14)13-11(15)17-9/h2-5H,1H3,(H,13,14,15). The van der Waals surface area contributed by atoms with Crippen LogP contribution in [0.2, 0.25) is 0 Å². The number of hydrogen-bond donors (Lipinski definition) is 1. The lowest BCUT2D eigenvalue weighted by atomic mass is 10.2. The van der Waals surface area contributed by atoms with E-state index in [4.69, 9.17) is 4.74 Å². The minimum atomic E-state index is -0.373. The first-order chi connectivity index (χ1) is 8.10. The van der Waals surface area contributed by atoms with Crippen LogP contribution in [0.4, 0.5) is 4.79 Å². The largest absolute Gasteiger partial charge is 0.496 e. The summed E-state index contributed by atoms with van der Waals surface area (Å²) in [6, 6.07) is 5.45. The lowest BCUT2D eigenvalue weighted by molar-refractivity contribution is -0.115. The predicted octanol–water partition coefficient (Wildman–Crippen LogP) is 2.78. The highest BCUT2D eigenvalue weighted by Gasteiger charge is 2.25. The Morgan fingerprint density at radius 1 is 1.41 bits per heavy atom. The molecular weight excluding hydrogens is 306 g/mol. The molecule has 0 unspecified atom stereocenters. The highest BCUT2D eigenvalue weighted by atomic mass is 79.9. The van der Waals surface area contributed by atoms with Crippen LogP contribution in [0.25, 0.3) is 6.08 Å². The number of imide groups is 1. The molecule has 2 amide bonds. The molecular formula is C11H8BrNO3S. The zero-order valence-corrected chi connectivity index (χ0v) is 11.2. The molecule has 0 atom stereocenters. The summed E-state index contributed by atoms with van der Waals surface area (Å²) in [6.07, 6.45) is 1.63. The fraction of sp³-hybridized carbons (Fsp3) is 0.0909. The molecule has 17 heavy (non-hydrogen) atoms. The van der Waals surface area contributed by atoms with E-state index in [0.29, 0.717) is 10.7 Å². The number of halogens is 1. The first-order valence-electron chi connectivity index (χ1n) is 4.68. The van der Waals surface area contributed by atoms with E-state index in [1.165, 1.54) is 0 Å². The van der Waals surface area contributed by atoms with E-state index in [1.807, 2.05) is 12.1 Å². The van der Waals surface area contributed by atoms with E-state index in [9.17, 15) is 9.59 Å². The molecule has 1 N–H and O–H groups in total. The molecule has 0 spiro atoms. The second-order valence-corrected chi connectivity index (χ2v) is 5.17. The van der Waals surface area contributed by atoms with Crippen LogP contribution in [0.3, 0.4) is 0 Å². The smallest absolute Gasteiger partial charge is 0.290 e. The molecule has 1 saturated heterocycles. The lowest BCUT2D eigenvalue weighted by Crippen LogP contribution is -2.17. The highest BCUT2D eigenvalue weighted by molar-refractivity contribution is 9.10. The molecule has 1 heterocycles. The van der Waals surface area contributed by atoms with Crippen molar-refractivity contribution in [2.75, 3.05) is 7.11 Å². The highest BCUT2D eigenvalue weighted by Crippen LogP contribution is 2.30. The van der Waals surface area contributed by atoms with Gasteiger partial charge in [0.15, 0.2) is 0 Å². The molecule has 0 saturated carbocycles. The van der Waals surface area contributed by atoms with Gasteiger partial charge in [0.05, 0.1) is 12.0 Å². The summed E-state index contributed by atoms with van der Waals surface area (Å²) in [5, 5.41) is 1.85. The van der Waals surface area contributed by atoms with Gasteiger partial charge in [-0.3, -0.25) is 14.9 Å². The maximum absolute atomic E-state index is 11.4. The summed E-state index contributed by atoms with van der Waals surface area (Å²) in [5.41, 5.74) is 0.745. The van der Waals surface area contributed by atoms with E-state index in [0.717, 1.165) is 21.8 Å². The molecule has 1 fully saturated rings. The van der Waals surface area contributed by atoms with Crippen molar-refractivity contribution in [1.82, 2.24) is 5.32 Å². The van der Waals surface area contributed by atoms with E-state index >= 15 is 0 Å². The summed E-state index contributed by atoms with van der Waals surface area (Å²) in [6.45, 7) is 0. The van der Waals surface area contributed by atoms with Crippen LogP contribution in [0, 0.1) is 0 Å². The van der Waals surface area contributed by atoms with Gasteiger partial charge in [-0.15, -0.1) is 0 Å². The monoisotopic (exact) mass is 313 g/mol. The van der Waals surface area contributed by atoms with Crippen molar-refractivity contribution < 1.29 is 14.3 Å². The molecule has 6 heteroatoms. The quantitative estimate of drug-likeness (QED) is 0.853. The number of carbonyl (C=O) groups is 2. The normalized spacial score (nSPS) is 17.4. The fourth-order valence-corrected chi connectivity index (χ4v) is 2.43. The Kier molecular flexibility index (Phi) is 3.54. The Labute approximate surface area is 111 Å². The minimum absolute atomic E-state index is 0.352. The van der Waals surface area contributed by atoms with Crippen LogP contribution in [0.15, 0.2) is 27.6 Å². The molecule has 88 valence electrons. The van der Waals surface area contributed by atoms with Crippen LogP contribution in [0.5, 0.6) is 5.75 Å². The number of rotatable bonds is 2. The van der Waals surface area contributed by atoms with Crippen molar-refractivity contribution in [3.05, 3.63) is 33.1 Å². The van der Waals surface area contributed by atoms with Gasteiger partial charge < -0.3 is 4.74 Å². The topological polar surface area (TPSA) is 55.4 Å². The van der Waals surface area contributed by atoms with Crippen molar-refractivity contribution in [2.24, 2.45) is 0 Å². The Morgan fingerprint density at radius 3 is 2.76 bits per heavy atom. The summed E-state index contributed by atoms with van der Waals surface area (Å²) in [4.78, 5) is 22.8. The van der Waals surface area contributed by atoms with Crippen LogP contribution in [0.1, 0.15) is 5.56 Å². The molecule has 4 nitrogen and oxygen atoms in total. The Morgan fingerprint density at radius 2 is 2.18 bits per heavy atom. The second kappa shape index (κ2) is 4.93. The van der Waals surface area contributed by atoms with Gasteiger partial charge >= 0.3 is 0 Å². The third-order valence-corrected chi connectivity index (χ3v) is 3.42. The van der Waals surface area contributed by atoms with Crippen LogP contribution in [-0.2, 0) is 4.79 Å². The maximum atomic E-state index is 11.4. The van der Waals surface area contributed by atoms with E-state index in [2.05, 4.69) is 21.2 Å². The van der Waals surface area contributed by atoms with E-state index in [-0.39, 0.29) is 11.1 Å². The third-order valence-electron chi connectivity index (χ3n) is 2.12. The molecule has 0 radical (unpaired) electrons. The molecule has 2 rings (SSSR count). The number of amides is 2. The predicted molar refractivity (Wildman–Crippen MR) is 69.8 cm³/mol. The summed E-state index contributed by atoms with van der Waals surface area (Å²) >= 11 is 4.23. The van der Waals surface area contributed by atoms with Crippen molar-refractivity contribution >= 4 is 44.9 Å². The van der Waals surface area contributed by atoms with Gasteiger partial charge in [0.2, 0.25) is 0 Å². The van der Waals surface area contributed by atoms with Gasteiger partial charge in [-0.25, -0.2) is 0 Å². The fourth-order valence-electron chi connectivity index (χ4n) is 1.38. The molecule has 1 aliphatic rings. The number of hydrogen-bond acceptors (Lipinski definition) is 4. The molecule has 1 aromatic carbocycles. The van der Waals surface area contributed by atoms with Gasteiger partial charge in [-0.05, 0) is 36.0 Å². The SMILES string of the molecule is COc1ccc(Br)cc1C=C1SC(=O)NC1=O. The van der Waals surface area contributed by atoms with Gasteiger partial charge in [0.1, 0.15) is 5.75 Å². The first kappa shape index (κ1) is 12.2. The zero-order chi connectivity index (χ0) is 12.4. The van der Waals surface area contributed by atoms with Crippen LogP contribution in [-0.4, -0.2) is 18.3 Å². The van der Waals surface area contributed by atoms with Crippen LogP contribution >= 0.6 is 27.7 Å². The number of carbonyl (C=O) groups excluding carboxylic acids is 2. The molecule has 0 aliphatic carbocycles. The number of benzene rings is 1. The van der Waals surface area contributed by atoms with Crippen molar-refractivity contribution in [1.29, 1.82) is 0 Å². The van der Waals surface area contributed by atoms with Gasteiger partial charge in [0, 0.05) is 10.0 Å². The van der Waals surface area contributed by atoms with Crippen molar-refractivity contribution in [3.63, 3.8) is 0 Å². The second-order valence-electron chi connectivity index (χ2n) is 3.24. The van der Waals surface area contributed by atoms with Crippen molar-refractivity contribution in [2.45, 2.75) is 0 Å². The molecule has 0 bridgehead atoms. The summed E-state index contributed by atoms with van der Waals surface area (Å²) < 4.78 is 6.06. The van der Waals surface area contributed by atoms with E-state index < -0.39 is 0 Å². The zero-order valence-electron chi connectivity index (χ0n) is 8.82. The molecule has 1 aromatic rings. The third kappa shape index (κ3) is 2.70. The van der Waals surface area contributed by atoms with Gasteiger partial charge in [-0.1, -0.05) is 15.9 Å². The van der Waals surface area contributed by atoms with E-state index in [1.54, 1.807) is 19.3 Å². The summed E-state index contributed by atoms with van der Waals surface area (Å²) in [5.74, 6) is 0.274. The Balaban J connectivity index is 2.41. The van der Waals surface area contributed by atoms with Crippen molar-refractivity contribution in [3.8, 4) is 5.75 Å². The Hall–Kier alpha value is -1.27. The number of ether oxygens (including phenoxy) is 1. The lowest BCUT2D eigenvalue weighted by Gasteiger charge is -2.05. The molecule has 1 aliphatic heterocycles. The number of methoxy groups -OCH3 is 1.